The standard InChI is InChI=1S/C17H23N3O2.C2H2O4/c1-14-12-16(21)19(2)17(22)20(14)11-7-6-10-18-13-15-8-4-3-5-9-15;3-1(4)2(5)6/h3-5,8-9,12,18H,6-7,10-11,13H2,1-2H3;(H,3,4)(H,5,6). The molecule has 1 aromatic carbocycles. The van der Waals surface area contributed by atoms with E-state index in [4.69, 9.17) is 19.8 Å². The lowest BCUT2D eigenvalue weighted by Crippen LogP contribution is -2.38. The predicted molar refractivity (Wildman–Crippen MR) is 103 cm³/mol. The number of benzene rings is 1. The van der Waals surface area contributed by atoms with E-state index < -0.39 is 11.9 Å². The van der Waals surface area contributed by atoms with Crippen LogP contribution in [0.15, 0.2) is 46.0 Å². The number of carbonyl (C=O) groups is 2. The molecule has 9 nitrogen and oxygen atoms in total. The van der Waals surface area contributed by atoms with Crippen molar-refractivity contribution in [2.45, 2.75) is 32.9 Å². The van der Waals surface area contributed by atoms with Gasteiger partial charge in [0.2, 0.25) is 0 Å². The molecule has 9 heteroatoms. The minimum atomic E-state index is -1.82. The van der Waals surface area contributed by atoms with Gasteiger partial charge in [-0.2, -0.15) is 0 Å². The molecule has 0 aliphatic carbocycles. The Morgan fingerprint density at radius 3 is 2.21 bits per heavy atom. The van der Waals surface area contributed by atoms with Crippen molar-refractivity contribution < 1.29 is 19.8 Å². The quantitative estimate of drug-likeness (QED) is 0.465. The molecule has 0 radical (unpaired) electrons. The summed E-state index contributed by atoms with van der Waals surface area (Å²) in [6.07, 6.45) is 1.89. The Kier molecular flexibility index (Phi) is 9.38. The first-order chi connectivity index (χ1) is 13.2. The summed E-state index contributed by atoms with van der Waals surface area (Å²) in [6, 6.07) is 11.8. The van der Waals surface area contributed by atoms with E-state index in [2.05, 4.69) is 17.4 Å². The number of hydrogen-bond donors (Lipinski definition) is 3. The molecule has 152 valence electrons. The zero-order chi connectivity index (χ0) is 21.1. The van der Waals surface area contributed by atoms with E-state index in [1.54, 1.807) is 11.5 Å². The van der Waals surface area contributed by atoms with Gasteiger partial charge >= 0.3 is 17.6 Å². The summed E-state index contributed by atoms with van der Waals surface area (Å²) in [7, 11) is 1.52. The first-order valence-corrected chi connectivity index (χ1v) is 8.72. The smallest absolute Gasteiger partial charge is 0.414 e. The van der Waals surface area contributed by atoms with Crippen LogP contribution in [0.5, 0.6) is 0 Å². The Morgan fingerprint density at radius 1 is 1.04 bits per heavy atom. The van der Waals surface area contributed by atoms with E-state index in [-0.39, 0.29) is 11.2 Å². The normalized spacial score (nSPS) is 10.1. The van der Waals surface area contributed by atoms with E-state index in [1.165, 1.54) is 18.7 Å². The second kappa shape index (κ2) is 11.5. The Balaban J connectivity index is 0.000000568. The molecule has 1 heterocycles. The van der Waals surface area contributed by atoms with E-state index >= 15 is 0 Å². The van der Waals surface area contributed by atoms with Gasteiger partial charge in [-0.3, -0.25) is 13.9 Å². The van der Waals surface area contributed by atoms with Crippen LogP contribution in [-0.2, 0) is 29.7 Å². The van der Waals surface area contributed by atoms with Gasteiger partial charge < -0.3 is 15.5 Å². The van der Waals surface area contributed by atoms with Crippen molar-refractivity contribution in [1.29, 1.82) is 0 Å². The molecule has 0 spiro atoms. The van der Waals surface area contributed by atoms with Gasteiger partial charge in [-0.1, -0.05) is 30.3 Å². The number of aromatic nitrogens is 2. The number of nitrogens with one attached hydrogen (secondary N) is 1. The molecule has 2 rings (SSSR count). The van der Waals surface area contributed by atoms with Crippen LogP contribution >= 0.6 is 0 Å². The highest BCUT2D eigenvalue weighted by atomic mass is 16.4. The number of rotatable bonds is 7. The average molecular weight is 391 g/mol. The van der Waals surface area contributed by atoms with Crippen molar-refractivity contribution in [2.24, 2.45) is 7.05 Å². The maximum Gasteiger partial charge on any atom is 0.414 e. The predicted octanol–water partition coefficient (Wildman–Crippen LogP) is 0.581. The SMILES string of the molecule is Cc1cc(=O)n(C)c(=O)n1CCCCNCc1ccccc1.O=C(O)C(=O)O. The number of carboxylic acids is 2. The highest BCUT2D eigenvalue weighted by molar-refractivity contribution is 6.27. The molecule has 2 aromatic rings. The van der Waals surface area contributed by atoms with Crippen molar-refractivity contribution in [2.75, 3.05) is 6.54 Å². The summed E-state index contributed by atoms with van der Waals surface area (Å²) < 4.78 is 2.82. The second-order valence-corrected chi connectivity index (χ2v) is 6.10. The molecule has 0 aliphatic rings. The summed E-state index contributed by atoms with van der Waals surface area (Å²) in [5.41, 5.74) is 1.52. The van der Waals surface area contributed by atoms with Gasteiger partial charge in [-0.05, 0) is 31.9 Å². The summed E-state index contributed by atoms with van der Waals surface area (Å²) in [5, 5.41) is 18.2. The highest BCUT2D eigenvalue weighted by Crippen LogP contribution is 1.99. The van der Waals surface area contributed by atoms with Gasteiger partial charge in [0.1, 0.15) is 0 Å². The van der Waals surface area contributed by atoms with E-state index in [1.807, 2.05) is 18.2 Å². The zero-order valence-corrected chi connectivity index (χ0v) is 15.9. The lowest BCUT2D eigenvalue weighted by atomic mass is 10.2. The molecule has 0 bridgehead atoms. The van der Waals surface area contributed by atoms with E-state index in [9.17, 15) is 9.59 Å². The molecule has 0 amide bonds. The molecular weight excluding hydrogens is 366 g/mol. The van der Waals surface area contributed by atoms with Crippen molar-refractivity contribution in [3.63, 3.8) is 0 Å². The van der Waals surface area contributed by atoms with E-state index in [0.29, 0.717) is 6.54 Å². The van der Waals surface area contributed by atoms with Gasteiger partial charge in [0.15, 0.2) is 0 Å². The van der Waals surface area contributed by atoms with Gasteiger partial charge in [-0.15, -0.1) is 0 Å². The Hall–Kier alpha value is -3.20. The minimum Gasteiger partial charge on any atom is -0.473 e. The van der Waals surface area contributed by atoms with Crippen LogP contribution in [0.3, 0.4) is 0 Å². The topological polar surface area (TPSA) is 131 Å². The maximum absolute atomic E-state index is 12.0. The van der Waals surface area contributed by atoms with E-state index in [0.717, 1.165) is 36.2 Å². The molecule has 0 fully saturated rings. The Labute approximate surface area is 161 Å². The first-order valence-electron chi connectivity index (χ1n) is 8.72. The summed E-state index contributed by atoms with van der Waals surface area (Å²) in [6.45, 7) is 4.22. The van der Waals surface area contributed by atoms with Crippen LogP contribution in [0, 0.1) is 6.92 Å². The summed E-state index contributed by atoms with van der Waals surface area (Å²) in [5.74, 6) is -3.65. The lowest BCUT2D eigenvalue weighted by molar-refractivity contribution is -0.159. The fraction of sp³-hybridized carbons (Fsp3) is 0.368. The molecule has 28 heavy (non-hydrogen) atoms. The lowest BCUT2D eigenvalue weighted by Gasteiger charge is -2.11. The average Bonchev–Trinajstić information content (AvgIpc) is 2.66. The highest BCUT2D eigenvalue weighted by Gasteiger charge is 2.05. The number of aryl methyl sites for hydroxylation is 1. The Bertz CT molecular complexity index is 890. The van der Waals surface area contributed by atoms with Crippen LogP contribution in [0.4, 0.5) is 0 Å². The van der Waals surface area contributed by atoms with Crippen molar-refractivity contribution in [1.82, 2.24) is 14.5 Å². The molecule has 0 unspecified atom stereocenters. The van der Waals surface area contributed by atoms with Gasteiger partial charge in [0.25, 0.3) is 5.56 Å². The van der Waals surface area contributed by atoms with Gasteiger partial charge in [0.05, 0.1) is 0 Å². The third kappa shape index (κ3) is 7.58. The fourth-order valence-electron chi connectivity index (χ4n) is 2.40. The second-order valence-electron chi connectivity index (χ2n) is 6.10. The van der Waals surface area contributed by atoms with Crippen LogP contribution in [0.2, 0.25) is 0 Å². The number of carboxylic acid groups (broad SMARTS) is 2. The zero-order valence-electron chi connectivity index (χ0n) is 15.9. The van der Waals surface area contributed by atoms with Crippen molar-refractivity contribution in [3.8, 4) is 0 Å². The monoisotopic (exact) mass is 391 g/mol. The number of unbranched alkanes of at least 4 members (excludes halogenated alkanes) is 1. The first kappa shape index (κ1) is 22.8. The molecule has 0 atom stereocenters. The third-order valence-electron chi connectivity index (χ3n) is 3.95. The van der Waals surface area contributed by atoms with Crippen molar-refractivity contribution >= 4 is 11.9 Å². The number of aliphatic carboxylic acids is 2. The largest absolute Gasteiger partial charge is 0.473 e. The number of nitrogens with zero attached hydrogens (tertiary/aromatic N) is 2. The summed E-state index contributed by atoms with van der Waals surface area (Å²) in [4.78, 5) is 41.7. The Morgan fingerprint density at radius 2 is 1.64 bits per heavy atom. The van der Waals surface area contributed by atoms with Gasteiger partial charge in [-0.25, -0.2) is 14.4 Å². The van der Waals surface area contributed by atoms with Gasteiger partial charge in [0, 0.05) is 31.9 Å². The molecule has 0 aliphatic heterocycles. The minimum absolute atomic E-state index is 0.234. The fourth-order valence-corrected chi connectivity index (χ4v) is 2.40. The maximum atomic E-state index is 12.0. The van der Waals surface area contributed by atoms with Crippen molar-refractivity contribution in [3.05, 3.63) is 68.5 Å². The van der Waals surface area contributed by atoms with Crippen LogP contribution in [0.1, 0.15) is 24.1 Å². The van der Waals surface area contributed by atoms with Crippen LogP contribution < -0.4 is 16.6 Å². The van der Waals surface area contributed by atoms with Crippen LogP contribution in [0.25, 0.3) is 0 Å². The van der Waals surface area contributed by atoms with Crippen LogP contribution in [-0.4, -0.2) is 37.8 Å². The third-order valence-corrected chi connectivity index (χ3v) is 3.95. The summed E-state index contributed by atoms with van der Waals surface area (Å²) >= 11 is 0. The number of hydrogen-bond acceptors (Lipinski definition) is 5. The molecule has 0 saturated carbocycles. The molecular formula is C19H25N3O6. The molecule has 3 N–H and O–H groups in total. The molecule has 0 saturated heterocycles. The molecule has 1 aromatic heterocycles.